The number of carbonyl (C=O) groups excluding carboxylic acids is 1. The van der Waals surface area contributed by atoms with Crippen LogP contribution in [0.3, 0.4) is 0 Å². The number of rotatable bonds is 3. The van der Waals surface area contributed by atoms with Crippen LogP contribution in [-0.2, 0) is 11.2 Å². The van der Waals surface area contributed by atoms with E-state index < -0.39 is 11.7 Å². The largest absolute Gasteiger partial charge is 0.444 e. The molecule has 6 heteroatoms. The summed E-state index contributed by atoms with van der Waals surface area (Å²) < 4.78 is 5.25. The van der Waals surface area contributed by atoms with Crippen LogP contribution in [-0.4, -0.2) is 16.7 Å². The number of carbonyl (C=O) groups is 1. The van der Waals surface area contributed by atoms with Gasteiger partial charge in [-0.15, -0.1) is 11.3 Å². The number of nitriles is 1. The zero-order valence-corrected chi connectivity index (χ0v) is 14.5. The summed E-state index contributed by atoms with van der Waals surface area (Å²) in [5.74, 6) is 0. The van der Waals surface area contributed by atoms with Crippen molar-refractivity contribution in [2.75, 3.05) is 5.32 Å². The topological polar surface area (TPSA) is 75.0 Å². The van der Waals surface area contributed by atoms with Gasteiger partial charge < -0.3 is 4.74 Å². The highest BCUT2D eigenvalue weighted by atomic mass is 32.1. The molecular formula is C17H19N3O2S. The highest BCUT2D eigenvalue weighted by Crippen LogP contribution is 2.26. The Bertz CT molecular complexity index is 737. The standard InChI is InChI=1S/C17H19N3O2S/c1-11-15(20-16(21)22-17(2,3)4)23-14(19-11)9-12-5-7-13(10-18)8-6-12/h5-8H,9H2,1-4H3,(H,20,21). The molecule has 2 rings (SSSR count). The third kappa shape index (κ3) is 5.08. The zero-order valence-electron chi connectivity index (χ0n) is 13.6. The molecule has 0 saturated heterocycles. The van der Waals surface area contributed by atoms with Crippen molar-refractivity contribution in [3.8, 4) is 6.07 Å². The Morgan fingerprint density at radius 3 is 2.57 bits per heavy atom. The van der Waals surface area contributed by atoms with Crippen LogP contribution in [0.15, 0.2) is 24.3 Å². The molecular weight excluding hydrogens is 310 g/mol. The minimum absolute atomic E-state index is 0.478. The van der Waals surface area contributed by atoms with E-state index in [1.807, 2.05) is 39.8 Å². The predicted molar refractivity (Wildman–Crippen MR) is 90.7 cm³/mol. The number of nitrogens with one attached hydrogen (secondary N) is 1. The number of ether oxygens (including phenoxy) is 1. The molecule has 0 aliphatic carbocycles. The van der Waals surface area contributed by atoms with Gasteiger partial charge in [-0.05, 0) is 45.4 Å². The second kappa shape index (κ2) is 6.80. The summed E-state index contributed by atoms with van der Waals surface area (Å²) in [6.07, 6.45) is 0.182. The van der Waals surface area contributed by atoms with E-state index in [0.717, 1.165) is 16.3 Å². The number of aryl methyl sites for hydroxylation is 1. The number of amides is 1. The average Bonchev–Trinajstić information content (AvgIpc) is 2.77. The first kappa shape index (κ1) is 17.0. The van der Waals surface area contributed by atoms with Gasteiger partial charge in [-0.1, -0.05) is 12.1 Å². The monoisotopic (exact) mass is 329 g/mol. The molecule has 0 spiro atoms. The SMILES string of the molecule is Cc1nc(Cc2ccc(C#N)cc2)sc1NC(=O)OC(C)(C)C. The van der Waals surface area contributed by atoms with Crippen molar-refractivity contribution in [1.29, 1.82) is 5.26 Å². The normalized spacial score (nSPS) is 10.9. The molecule has 0 aliphatic rings. The van der Waals surface area contributed by atoms with Crippen LogP contribution in [0.5, 0.6) is 0 Å². The molecule has 1 amide bonds. The van der Waals surface area contributed by atoms with Crippen LogP contribution in [0.25, 0.3) is 0 Å². The van der Waals surface area contributed by atoms with Gasteiger partial charge in [0.25, 0.3) is 0 Å². The first-order chi connectivity index (χ1) is 10.8. The van der Waals surface area contributed by atoms with Gasteiger partial charge in [-0.2, -0.15) is 5.26 Å². The number of hydrogen-bond acceptors (Lipinski definition) is 5. The molecule has 1 aromatic heterocycles. The van der Waals surface area contributed by atoms with E-state index in [-0.39, 0.29) is 0 Å². The van der Waals surface area contributed by atoms with E-state index in [1.165, 1.54) is 11.3 Å². The summed E-state index contributed by atoms with van der Waals surface area (Å²) >= 11 is 1.43. The quantitative estimate of drug-likeness (QED) is 0.913. The highest BCUT2D eigenvalue weighted by Gasteiger charge is 2.18. The molecule has 0 bridgehead atoms. The van der Waals surface area contributed by atoms with Crippen LogP contribution in [0.1, 0.15) is 42.6 Å². The van der Waals surface area contributed by atoms with Gasteiger partial charge in [-0.3, -0.25) is 5.32 Å². The highest BCUT2D eigenvalue weighted by molar-refractivity contribution is 7.16. The van der Waals surface area contributed by atoms with Gasteiger partial charge >= 0.3 is 6.09 Å². The second-order valence-electron chi connectivity index (χ2n) is 6.13. The van der Waals surface area contributed by atoms with E-state index in [1.54, 1.807) is 12.1 Å². The lowest BCUT2D eigenvalue weighted by Gasteiger charge is -2.19. The van der Waals surface area contributed by atoms with Gasteiger partial charge in [0, 0.05) is 6.42 Å². The Hall–Kier alpha value is -2.39. The third-order valence-corrected chi connectivity index (χ3v) is 3.97. The molecule has 2 aromatic rings. The van der Waals surface area contributed by atoms with Crippen LogP contribution in [0, 0.1) is 18.3 Å². The van der Waals surface area contributed by atoms with Crippen molar-refractivity contribution >= 4 is 22.4 Å². The van der Waals surface area contributed by atoms with E-state index in [2.05, 4.69) is 16.4 Å². The molecule has 0 radical (unpaired) electrons. The molecule has 0 saturated carbocycles. The molecule has 23 heavy (non-hydrogen) atoms. The van der Waals surface area contributed by atoms with E-state index in [9.17, 15) is 4.79 Å². The summed E-state index contributed by atoms with van der Waals surface area (Å²) in [5.41, 5.74) is 1.94. The minimum atomic E-state index is -0.534. The predicted octanol–water partition coefficient (Wildman–Crippen LogP) is 4.26. The molecule has 0 fully saturated rings. The number of thiazole rings is 1. The first-order valence-corrected chi connectivity index (χ1v) is 8.04. The van der Waals surface area contributed by atoms with E-state index in [0.29, 0.717) is 17.0 Å². The lowest BCUT2D eigenvalue weighted by atomic mass is 10.1. The lowest BCUT2D eigenvalue weighted by molar-refractivity contribution is 0.0636. The van der Waals surface area contributed by atoms with Crippen molar-refractivity contribution in [2.45, 2.75) is 39.7 Å². The Morgan fingerprint density at radius 1 is 1.35 bits per heavy atom. The van der Waals surface area contributed by atoms with E-state index in [4.69, 9.17) is 10.00 Å². The number of nitrogens with zero attached hydrogens (tertiary/aromatic N) is 2. The van der Waals surface area contributed by atoms with Crippen LogP contribution >= 0.6 is 11.3 Å². The van der Waals surface area contributed by atoms with Gasteiger partial charge in [0.2, 0.25) is 0 Å². The molecule has 0 aliphatic heterocycles. The van der Waals surface area contributed by atoms with Crippen molar-refractivity contribution in [1.82, 2.24) is 4.98 Å². The fourth-order valence-electron chi connectivity index (χ4n) is 1.91. The van der Waals surface area contributed by atoms with Crippen molar-refractivity contribution in [3.63, 3.8) is 0 Å². The summed E-state index contributed by atoms with van der Waals surface area (Å²) in [5, 5.41) is 13.2. The summed E-state index contributed by atoms with van der Waals surface area (Å²) in [6, 6.07) is 9.50. The summed E-state index contributed by atoms with van der Waals surface area (Å²) in [7, 11) is 0. The Kier molecular flexibility index (Phi) is 5.02. The maximum absolute atomic E-state index is 11.8. The number of anilines is 1. The molecule has 0 unspecified atom stereocenters. The number of benzene rings is 1. The van der Waals surface area contributed by atoms with Gasteiger partial charge in [0.1, 0.15) is 10.6 Å². The van der Waals surface area contributed by atoms with Crippen molar-refractivity contribution in [3.05, 3.63) is 46.1 Å². The lowest BCUT2D eigenvalue weighted by Crippen LogP contribution is -2.27. The molecule has 5 nitrogen and oxygen atoms in total. The first-order valence-electron chi connectivity index (χ1n) is 7.22. The molecule has 1 N–H and O–H groups in total. The summed E-state index contributed by atoms with van der Waals surface area (Å²) in [4.78, 5) is 16.3. The molecule has 120 valence electrons. The van der Waals surface area contributed by atoms with Gasteiger partial charge in [-0.25, -0.2) is 9.78 Å². The van der Waals surface area contributed by atoms with Gasteiger partial charge in [0.15, 0.2) is 0 Å². The molecule has 0 atom stereocenters. The Balaban J connectivity index is 2.05. The fourth-order valence-corrected chi connectivity index (χ4v) is 2.90. The van der Waals surface area contributed by atoms with Crippen molar-refractivity contribution < 1.29 is 9.53 Å². The third-order valence-electron chi connectivity index (χ3n) is 2.89. The number of aromatic nitrogens is 1. The smallest absolute Gasteiger partial charge is 0.412 e. The number of hydrogen-bond donors (Lipinski definition) is 1. The van der Waals surface area contributed by atoms with Gasteiger partial charge in [0.05, 0.1) is 22.3 Å². The fraction of sp³-hybridized carbons (Fsp3) is 0.353. The minimum Gasteiger partial charge on any atom is -0.444 e. The average molecular weight is 329 g/mol. The maximum Gasteiger partial charge on any atom is 0.412 e. The van der Waals surface area contributed by atoms with Crippen LogP contribution < -0.4 is 5.32 Å². The zero-order chi connectivity index (χ0) is 17.0. The molecule has 1 heterocycles. The summed E-state index contributed by atoms with van der Waals surface area (Å²) in [6.45, 7) is 7.32. The van der Waals surface area contributed by atoms with Crippen LogP contribution in [0.4, 0.5) is 9.80 Å². The van der Waals surface area contributed by atoms with Crippen molar-refractivity contribution in [2.24, 2.45) is 0 Å². The maximum atomic E-state index is 11.8. The molecule has 1 aromatic carbocycles. The Morgan fingerprint density at radius 2 is 2.00 bits per heavy atom. The Labute approximate surface area is 139 Å². The van der Waals surface area contributed by atoms with Crippen LogP contribution in [0.2, 0.25) is 0 Å². The van der Waals surface area contributed by atoms with E-state index >= 15 is 0 Å². The second-order valence-corrected chi connectivity index (χ2v) is 7.22.